The number of carbonyl (C=O) groups is 1. The van der Waals surface area contributed by atoms with E-state index in [1.807, 2.05) is 19.1 Å². The van der Waals surface area contributed by atoms with Crippen molar-refractivity contribution >= 4 is 23.6 Å². The molecule has 0 unspecified atom stereocenters. The molecule has 1 amide bonds. The number of nitrogens with one attached hydrogen (secondary N) is 1. The zero-order valence-electron chi connectivity index (χ0n) is 13.6. The first-order valence-corrected chi connectivity index (χ1v) is 7.84. The summed E-state index contributed by atoms with van der Waals surface area (Å²) < 4.78 is 6.64. The molecule has 1 aromatic heterocycles. The van der Waals surface area contributed by atoms with Gasteiger partial charge in [0.05, 0.1) is 7.11 Å². The SMILES string of the molecule is COc1cc(C)n(CCNC(=O)/C=C/c2ccc(Cl)cc2)c(=O)c1. The molecule has 1 aromatic carbocycles. The van der Waals surface area contributed by atoms with Crippen molar-refractivity contribution in [3.63, 3.8) is 0 Å². The fourth-order valence-electron chi connectivity index (χ4n) is 2.20. The Morgan fingerprint density at radius 2 is 2.00 bits per heavy atom. The summed E-state index contributed by atoms with van der Waals surface area (Å²) in [4.78, 5) is 23.8. The van der Waals surface area contributed by atoms with Gasteiger partial charge in [-0.25, -0.2) is 0 Å². The van der Waals surface area contributed by atoms with Crippen molar-refractivity contribution in [1.82, 2.24) is 9.88 Å². The van der Waals surface area contributed by atoms with Crippen LogP contribution in [0.2, 0.25) is 5.02 Å². The Morgan fingerprint density at radius 3 is 2.62 bits per heavy atom. The number of aromatic nitrogens is 1. The summed E-state index contributed by atoms with van der Waals surface area (Å²) in [6, 6.07) is 10.4. The van der Waals surface area contributed by atoms with Crippen LogP contribution in [0.5, 0.6) is 5.75 Å². The van der Waals surface area contributed by atoms with Crippen molar-refractivity contribution in [1.29, 1.82) is 0 Å². The number of aryl methyl sites for hydroxylation is 1. The van der Waals surface area contributed by atoms with Gasteiger partial charge in [0.1, 0.15) is 5.75 Å². The summed E-state index contributed by atoms with van der Waals surface area (Å²) in [6.07, 6.45) is 3.16. The summed E-state index contributed by atoms with van der Waals surface area (Å²) in [5.41, 5.74) is 1.51. The largest absolute Gasteiger partial charge is 0.496 e. The lowest BCUT2D eigenvalue weighted by Gasteiger charge is -2.11. The number of hydrogen-bond donors (Lipinski definition) is 1. The number of amides is 1. The molecule has 0 aliphatic heterocycles. The molecular weight excluding hydrogens is 328 g/mol. The Labute approximate surface area is 145 Å². The minimum absolute atomic E-state index is 0.155. The lowest BCUT2D eigenvalue weighted by atomic mass is 10.2. The molecule has 0 bridgehead atoms. The third kappa shape index (κ3) is 4.99. The molecular formula is C18H19ClN2O3. The summed E-state index contributed by atoms with van der Waals surface area (Å²) in [5, 5.41) is 3.40. The Kier molecular flexibility index (Phi) is 6.21. The number of carbonyl (C=O) groups excluding carboxylic acids is 1. The van der Waals surface area contributed by atoms with E-state index < -0.39 is 0 Å². The van der Waals surface area contributed by atoms with Crippen molar-refractivity contribution < 1.29 is 9.53 Å². The van der Waals surface area contributed by atoms with Gasteiger partial charge in [0.25, 0.3) is 5.56 Å². The minimum Gasteiger partial charge on any atom is -0.496 e. The molecule has 5 nitrogen and oxygen atoms in total. The Morgan fingerprint density at radius 1 is 1.29 bits per heavy atom. The van der Waals surface area contributed by atoms with Gasteiger partial charge in [-0.2, -0.15) is 0 Å². The number of halogens is 1. The normalized spacial score (nSPS) is 10.8. The van der Waals surface area contributed by atoms with E-state index >= 15 is 0 Å². The second-order valence-corrected chi connectivity index (χ2v) is 5.64. The second kappa shape index (κ2) is 8.36. The molecule has 1 N–H and O–H groups in total. The fourth-order valence-corrected chi connectivity index (χ4v) is 2.32. The van der Waals surface area contributed by atoms with Crippen molar-refractivity contribution in [3.05, 3.63) is 69.1 Å². The number of nitrogens with zero attached hydrogens (tertiary/aromatic N) is 1. The molecule has 0 atom stereocenters. The van der Waals surface area contributed by atoms with Crippen LogP contribution in [-0.4, -0.2) is 24.1 Å². The average molecular weight is 347 g/mol. The first-order chi connectivity index (χ1) is 11.5. The number of benzene rings is 1. The van der Waals surface area contributed by atoms with Crippen LogP contribution in [0, 0.1) is 6.92 Å². The summed E-state index contributed by atoms with van der Waals surface area (Å²) in [7, 11) is 1.52. The van der Waals surface area contributed by atoms with E-state index in [1.165, 1.54) is 19.3 Å². The number of rotatable bonds is 6. The highest BCUT2D eigenvalue weighted by atomic mass is 35.5. The van der Waals surface area contributed by atoms with E-state index in [0.717, 1.165) is 11.3 Å². The summed E-state index contributed by atoms with van der Waals surface area (Å²) in [6.45, 7) is 2.58. The third-order valence-electron chi connectivity index (χ3n) is 3.48. The van der Waals surface area contributed by atoms with Crippen LogP contribution in [0.3, 0.4) is 0 Å². The lowest BCUT2D eigenvalue weighted by molar-refractivity contribution is -0.116. The van der Waals surface area contributed by atoms with Crippen LogP contribution in [0.1, 0.15) is 11.3 Å². The Hall–Kier alpha value is -2.53. The number of ether oxygens (including phenoxy) is 1. The summed E-state index contributed by atoms with van der Waals surface area (Å²) >= 11 is 5.81. The van der Waals surface area contributed by atoms with E-state index in [1.54, 1.807) is 28.8 Å². The van der Waals surface area contributed by atoms with Gasteiger partial charge in [-0.1, -0.05) is 23.7 Å². The van der Waals surface area contributed by atoms with Crippen molar-refractivity contribution in [2.24, 2.45) is 0 Å². The van der Waals surface area contributed by atoms with Crippen LogP contribution in [-0.2, 0) is 11.3 Å². The highest BCUT2D eigenvalue weighted by Gasteiger charge is 2.04. The van der Waals surface area contributed by atoms with Gasteiger partial charge < -0.3 is 14.6 Å². The Bertz CT molecular complexity index is 795. The van der Waals surface area contributed by atoms with Gasteiger partial charge in [0.2, 0.25) is 5.91 Å². The molecule has 0 fully saturated rings. The molecule has 0 aliphatic carbocycles. The van der Waals surface area contributed by atoms with E-state index in [0.29, 0.717) is 23.9 Å². The second-order valence-electron chi connectivity index (χ2n) is 5.20. The first-order valence-electron chi connectivity index (χ1n) is 7.46. The standard InChI is InChI=1S/C18H19ClN2O3/c1-13-11-16(24-2)12-18(23)21(13)10-9-20-17(22)8-5-14-3-6-15(19)7-4-14/h3-8,11-12H,9-10H2,1-2H3,(H,20,22)/b8-5+. The minimum atomic E-state index is -0.218. The van der Waals surface area contributed by atoms with E-state index in [9.17, 15) is 9.59 Å². The van der Waals surface area contributed by atoms with Gasteiger partial charge in [-0.15, -0.1) is 0 Å². The maximum absolute atomic E-state index is 12.0. The predicted octanol–water partition coefficient (Wildman–Crippen LogP) is 2.65. The number of hydrogen-bond acceptors (Lipinski definition) is 3. The monoisotopic (exact) mass is 346 g/mol. The predicted molar refractivity (Wildman–Crippen MR) is 95.5 cm³/mol. The van der Waals surface area contributed by atoms with Gasteiger partial charge in [0, 0.05) is 35.9 Å². The summed E-state index contributed by atoms with van der Waals surface area (Å²) in [5.74, 6) is 0.313. The van der Waals surface area contributed by atoms with E-state index in [-0.39, 0.29) is 11.5 Å². The van der Waals surface area contributed by atoms with Gasteiger partial charge in [-0.05, 0) is 36.8 Å². The highest BCUT2D eigenvalue weighted by molar-refractivity contribution is 6.30. The fraction of sp³-hybridized carbons (Fsp3) is 0.222. The van der Waals surface area contributed by atoms with Gasteiger partial charge >= 0.3 is 0 Å². The molecule has 2 aromatic rings. The molecule has 0 spiro atoms. The maximum atomic E-state index is 12.0. The molecule has 24 heavy (non-hydrogen) atoms. The topological polar surface area (TPSA) is 60.3 Å². The molecule has 6 heteroatoms. The van der Waals surface area contributed by atoms with Crippen LogP contribution < -0.4 is 15.6 Å². The van der Waals surface area contributed by atoms with Gasteiger partial charge in [-0.3, -0.25) is 9.59 Å². The van der Waals surface area contributed by atoms with Crippen molar-refractivity contribution in [2.75, 3.05) is 13.7 Å². The highest BCUT2D eigenvalue weighted by Crippen LogP contribution is 2.10. The van der Waals surface area contributed by atoms with E-state index in [4.69, 9.17) is 16.3 Å². The number of pyridine rings is 1. The zero-order chi connectivity index (χ0) is 17.5. The molecule has 1 heterocycles. The van der Waals surface area contributed by atoms with E-state index in [2.05, 4.69) is 5.32 Å². The first kappa shape index (κ1) is 17.8. The van der Waals surface area contributed by atoms with Crippen LogP contribution in [0.15, 0.2) is 47.3 Å². The zero-order valence-corrected chi connectivity index (χ0v) is 14.3. The average Bonchev–Trinajstić information content (AvgIpc) is 2.56. The van der Waals surface area contributed by atoms with Crippen LogP contribution >= 0.6 is 11.6 Å². The number of methoxy groups -OCH3 is 1. The van der Waals surface area contributed by atoms with Crippen LogP contribution in [0.4, 0.5) is 0 Å². The van der Waals surface area contributed by atoms with Crippen molar-refractivity contribution in [3.8, 4) is 5.75 Å². The molecule has 2 rings (SSSR count). The smallest absolute Gasteiger partial charge is 0.254 e. The maximum Gasteiger partial charge on any atom is 0.254 e. The third-order valence-corrected chi connectivity index (χ3v) is 3.73. The van der Waals surface area contributed by atoms with Crippen molar-refractivity contribution in [2.45, 2.75) is 13.5 Å². The molecule has 0 saturated carbocycles. The molecule has 126 valence electrons. The molecule has 0 saturated heterocycles. The van der Waals surface area contributed by atoms with Gasteiger partial charge in [0.15, 0.2) is 0 Å². The quantitative estimate of drug-likeness (QED) is 0.818. The lowest BCUT2D eigenvalue weighted by Crippen LogP contribution is -2.30. The molecule has 0 aliphatic rings. The Balaban J connectivity index is 1.89. The molecule has 0 radical (unpaired) electrons. The van der Waals surface area contributed by atoms with Crippen LogP contribution in [0.25, 0.3) is 6.08 Å².